The van der Waals surface area contributed by atoms with Crippen LogP contribution in [0.4, 0.5) is 0 Å². The largest absolute Gasteiger partial charge is 0.0617 e. The van der Waals surface area contributed by atoms with Crippen molar-refractivity contribution in [3.63, 3.8) is 0 Å². The van der Waals surface area contributed by atoms with E-state index in [1.54, 1.807) is 0 Å². The molecule has 0 N–H and O–H groups in total. The maximum atomic E-state index is 2.48. The van der Waals surface area contributed by atoms with Gasteiger partial charge in [-0.2, -0.15) is 0 Å². The van der Waals surface area contributed by atoms with E-state index in [-0.39, 0.29) is 0 Å². The van der Waals surface area contributed by atoms with E-state index in [1.165, 1.54) is 32.1 Å². The smallest absolute Gasteiger partial charge is 0.0323 e. The van der Waals surface area contributed by atoms with Crippen LogP contribution in [0.5, 0.6) is 0 Å². The van der Waals surface area contributed by atoms with Crippen molar-refractivity contribution in [3.8, 4) is 0 Å². The van der Waals surface area contributed by atoms with Gasteiger partial charge in [-0.1, -0.05) is 40.0 Å². The van der Waals surface area contributed by atoms with Crippen molar-refractivity contribution in [2.24, 2.45) is 23.2 Å². The van der Waals surface area contributed by atoms with Gasteiger partial charge >= 0.3 is 0 Å². The molecule has 2 saturated carbocycles. The standard InChI is InChI=1S/C12H22/c1-9-11-7-5-4-6-10(11)8-12(9,2)3/h9-11H,4-8H2,1-3H3. The molecule has 0 aromatic carbocycles. The molecule has 2 aliphatic rings. The number of hydrogen-bond donors (Lipinski definition) is 0. The van der Waals surface area contributed by atoms with Crippen LogP contribution in [0.2, 0.25) is 0 Å². The van der Waals surface area contributed by atoms with Gasteiger partial charge in [0.15, 0.2) is 0 Å². The summed E-state index contributed by atoms with van der Waals surface area (Å²) in [6.45, 7) is 7.42. The van der Waals surface area contributed by atoms with E-state index in [0.717, 1.165) is 17.8 Å². The van der Waals surface area contributed by atoms with Crippen LogP contribution in [-0.4, -0.2) is 0 Å². The van der Waals surface area contributed by atoms with Gasteiger partial charge in [-0.15, -0.1) is 0 Å². The summed E-state index contributed by atoms with van der Waals surface area (Å²) in [6.07, 6.45) is 7.55. The predicted octanol–water partition coefficient (Wildman–Crippen LogP) is 3.86. The predicted molar refractivity (Wildman–Crippen MR) is 53.0 cm³/mol. The van der Waals surface area contributed by atoms with E-state index in [2.05, 4.69) is 20.8 Å². The molecule has 12 heavy (non-hydrogen) atoms. The van der Waals surface area contributed by atoms with Crippen LogP contribution in [0.1, 0.15) is 52.9 Å². The Bertz CT molecular complexity index is 169. The molecule has 3 atom stereocenters. The Kier molecular flexibility index (Phi) is 1.97. The molecule has 0 aromatic heterocycles. The second kappa shape index (κ2) is 2.75. The Morgan fingerprint density at radius 2 is 1.75 bits per heavy atom. The zero-order valence-electron chi connectivity index (χ0n) is 8.77. The lowest BCUT2D eigenvalue weighted by atomic mass is 9.76. The van der Waals surface area contributed by atoms with E-state index in [0.29, 0.717) is 5.41 Å². The van der Waals surface area contributed by atoms with Gasteiger partial charge in [0.05, 0.1) is 0 Å². The van der Waals surface area contributed by atoms with Crippen molar-refractivity contribution in [2.75, 3.05) is 0 Å². The molecule has 2 aliphatic carbocycles. The fourth-order valence-electron chi connectivity index (χ4n) is 3.59. The lowest BCUT2D eigenvalue weighted by molar-refractivity contribution is 0.205. The molecule has 0 aliphatic heterocycles. The summed E-state index contributed by atoms with van der Waals surface area (Å²) < 4.78 is 0. The average molecular weight is 166 g/mol. The van der Waals surface area contributed by atoms with Crippen molar-refractivity contribution in [3.05, 3.63) is 0 Å². The molecule has 2 fully saturated rings. The average Bonchev–Trinajstić information content (AvgIpc) is 2.24. The van der Waals surface area contributed by atoms with Crippen molar-refractivity contribution < 1.29 is 0 Å². The van der Waals surface area contributed by atoms with Gasteiger partial charge in [0, 0.05) is 0 Å². The molecule has 0 heteroatoms. The Labute approximate surface area is 76.7 Å². The highest BCUT2D eigenvalue weighted by molar-refractivity contribution is 4.95. The van der Waals surface area contributed by atoms with Gasteiger partial charge in [-0.05, 0) is 36.0 Å². The van der Waals surface area contributed by atoms with Crippen molar-refractivity contribution >= 4 is 0 Å². The van der Waals surface area contributed by atoms with Crippen LogP contribution < -0.4 is 0 Å². The molecule has 3 unspecified atom stereocenters. The highest BCUT2D eigenvalue weighted by atomic mass is 14.5. The maximum Gasteiger partial charge on any atom is -0.0323 e. The number of rotatable bonds is 0. The molecule has 0 aromatic rings. The summed E-state index contributed by atoms with van der Waals surface area (Å²) in [7, 11) is 0. The third kappa shape index (κ3) is 1.20. The third-order valence-electron chi connectivity index (χ3n) is 4.63. The molecule has 0 heterocycles. The van der Waals surface area contributed by atoms with Crippen LogP contribution in [0.3, 0.4) is 0 Å². The molecule has 0 nitrogen and oxygen atoms in total. The molecular formula is C12H22. The van der Waals surface area contributed by atoms with Crippen molar-refractivity contribution in [2.45, 2.75) is 52.9 Å². The topological polar surface area (TPSA) is 0 Å². The Morgan fingerprint density at radius 1 is 1.08 bits per heavy atom. The maximum absolute atomic E-state index is 2.48. The second-order valence-corrected chi connectivity index (χ2v) is 5.69. The Morgan fingerprint density at radius 3 is 2.42 bits per heavy atom. The monoisotopic (exact) mass is 166 g/mol. The van der Waals surface area contributed by atoms with Crippen LogP contribution in [0, 0.1) is 23.2 Å². The zero-order chi connectivity index (χ0) is 8.77. The minimum absolute atomic E-state index is 0.639. The van der Waals surface area contributed by atoms with Gasteiger partial charge in [-0.3, -0.25) is 0 Å². The molecule has 0 amide bonds. The van der Waals surface area contributed by atoms with Gasteiger partial charge in [-0.25, -0.2) is 0 Å². The first-order chi connectivity index (χ1) is 5.61. The summed E-state index contributed by atoms with van der Waals surface area (Å²) in [5.74, 6) is 3.14. The Balaban J connectivity index is 2.13. The molecule has 0 spiro atoms. The Hall–Kier alpha value is 0. The van der Waals surface area contributed by atoms with Crippen LogP contribution >= 0.6 is 0 Å². The molecular weight excluding hydrogens is 144 g/mol. The van der Waals surface area contributed by atoms with Gasteiger partial charge in [0.1, 0.15) is 0 Å². The van der Waals surface area contributed by atoms with E-state index in [1.807, 2.05) is 0 Å². The van der Waals surface area contributed by atoms with E-state index < -0.39 is 0 Å². The van der Waals surface area contributed by atoms with Gasteiger partial charge in [0.2, 0.25) is 0 Å². The normalized spacial score (nSPS) is 45.8. The summed E-state index contributed by atoms with van der Waals surface area (Å²) in [5, 5.41) is 0. The molecule has 0 saturated heterocycles. The highest BCUT2D eigenvalue weighted by Gasteiger charge is 2.45. The van der Waals surface area contributed by atoms with E-state index in [9.17, 15) is 0 Å². The van der Waals surface area contributed by atoms with Crippen LogP contribution in [0.25, 0.3) is 0 Å². The van der Waals surface area contributed by atoms with Gasteiger partial charge < -0.3 is 0 Å². The zero-order valence-corrected chi connectivity index (χ0v) is 8.77. The van der Waals surface area contributed by atoms with E-state index >= 15 is 0 Å². The first-order valence-electron chi connectivity index (χ1n) is 5.61. The summed E-state index contributed by atoms with van der Waals surface area (Å²) in [5.41, 5.74) is 0.639. The summed E-state index contributed by atoms with van der Waals surface area (Å²) in [4.78, 5) is 0. The van der Waals surface area contributed by atoms with Crippen LogP contribution in [-0.2, 0) is 0 Å². The highest BCUT2D eigenvalue weighted by Crippen LogP contribution is 2.54. The van der Waals surface area contributed by atoms with Crippen molar-refractivity contribution in [1.82, 2.24) is 0 Å². The summed E-state index contributed by atoms with van der Waals surface area (Å²) in [6, 6.07) is 0. The summed E-state index contributed by atoms with van der Waals surface area (Å²) >= 11 is 0. The number of hydrogen-bond acceptors (Lipinski definition) is 0. The fourth-order valence-corrected chi connectivity index (χ4v) is 3.59. The minimum atomic E-state index is 0.639. The van der Waals surface area contributed by atoms with Gasteiger partial charge in [0.25, 0.3) is 0 Å². The minimum Gasteiger partial charge on any atom is -0.0617 e. The van der Waals surface area contributed by atoms with E-state index in [4.69, 9.17) is 0 Å². The number of fused-ring (bicyclic) bond motifs is 1. The first-order valence-corrected chi connectivity index (χ1v) is 5.61. The first kappa shape index (κ1) is 8.59. The second-order valence-electron chi connectivity index (χ2n) is 5.69. The lowest BCUT2D eigenvalue weighted by Gasteiger charge is -2.29. The SMILES string of the molecule is CC1C2CCCCC2CC1(C)C. The van der Waals surface area contributed by atoms with Crippen molar-refractivity contribution in [1.29, 1.82) is 0 Å². The lowest BCUT2D eigenvalue weighted by Crippen LogP contribution is -2.21. The molecule has 2 rings (SSSR count). The third-order valence-corrected chi connectivity index (χ3v) is 4.63. The molecule has 70 valence electrons. The molecule has 0 bridgehead atoms. The fraction of sp³-hybridized carbons (Fsp3) is 1.00. The molecule has 0 radical (unpaired) electrons. The van der Waals surface area contributed by atoms with Crippen LogP contribution in [0.15, 0.2) is 0 Å². The quantitative estimate of drug-likeness (QED) is 0.512.